The summed E-state index contributed by atoms with van der Waals surface area (Å²) in [7, 11) is 2.74. The summed E-state index contributed by atoms with van der Waals surface area (Å²) in [5.74, 6) is -2.39. The smallest absolute Gasteiger partial charge is 0.323 e. The lowest BCUT2D eigenvalue weighted by Crippen LogP contribution is -2.45. The Kier molecular flexibility index (Phi) is 5.90. The Morgan fingerprint density at radius 3 is 2.38 bits per heavy atom. The number of carbonyl (C=O) groups is 2. The van der Waals surface area contributed by atoms with E-state index in [2.05, 4.69) is 5.32 Å². The van der Waals surface area contributed by atoms with Crippen LogP contribution in [0.5, 0.6) is 0 Å². The van der Waals surface area contributed by atoms with Crippen LogP contribution in [-0.4, -0.2) is 50.7 Å². The third-order valence-electron chi connectivity index (χ3n) is 6.53. The third-order valence-corrected chi connectivity index (χ3v) is 6.53. The van der Waals surface area contributed by atoms with Gasteiger partial charge in [-0.25, -0.2) is 0 Å². The Hall–Kier alpha value is -1.96. The standard InChI is InChI=1S/C22H29NO6/c1-26-20(24)17-16(15-13-28-22(29-15)11-7-4-8-12-22)19(21(25)27-2)23-18(17)14-9-5-3-6-10-14/h3,5-6,9-10,15-19,23H,4,7-8,11-13H2,1-2H3/t15-,16-,17-,18-,19-/m1/s1. The fourth-order valence-corrected chi connectivity index (χ4v) is 5.15. The van der Waals surface area contributed by atoms with E-state index in [1.807, 2.05) is 30.3 Å². The number of rotatable bonds is 4. The molecule has 1 saturated carbocycles. The lowest BCUT2D eigenvalue weighted by molar-refractivity contribution is -0.195. The Morgan fingerprint density at radius 1 is 1.03 bits per heavy atom. The summed E-state index contributed by atoms with van der Waals surface area (Å²) >= 11 is 0. The molecule has 0 bridgehead atoms. The van der Waals surface area contributed by atoms with E-state index >= 15 is 0 Å². The molecule has 3 fully saturated rings. The molecule has 1 N–H and O–H groups in total. The second-order valence-electron chi connectivity index (χ2n) is 8.12. The summed E-state index contributed by atoms with van der Waals surface area (Å²) in [5, 5.41) is 3.33. The molecule has 2 heterocycles. The molecule has 1 aliphatic carbocycles. The monoisotopic (exact) mass is 403 g/mol. The minimum absolute atomic E-state index is 0.356. The van der Waals surface area contributed by atoms with Crippen molar-refractivity contribution in [2.24, 2.45) is 11.8 Å². The SMILES string of the molecule is COC(=O)[C@@H]1[C@@H]([C@H]2COC3(CCCCC3)O2)[C@H](C(=O)OC)N[C@@H]1c1ccccc1. The molecule has 3 aliphatic rings. The number of hydrogen-bond acceptors (Lipinski definition) is 7. The molecule has 29 heavy (non-hydrogen) atoms. The number of benzene rings is 1. The van der Waals surface area contributed by atoms with Crippen LogP contribution in [0.1, 0.15) is 43.7 Å². The number of carbonyl (C=O) groups excluding carboxylic acids is 2. The molecule has 7 heteroatoms. The highest BCUT2D eigenvalue weighted by molar-refractivity contribution is 5.81. The minimum atomic E-state index is -0.679. The largest absolute Gasteiger partial charge is 0.469 e. The van der Waals surface area contributed by atoms with Gasteiger partial charge in [-0.3, -0.25) is 14.9 Å². The molecule has 0 radical (unpaired) electrons. The van der Waals surface area contributed by atoms with Crippen molar-refractivity contribution in [1.82, 2.24) is 5.32 Å². The lowest BCUT2D eigenvalue weighted by Gasteiger charge is -2.33. The number of hydrogen-bond donors (Lipinski definition) is 1. The van der Waals surface area contributed by atoms with Crippen LogP contribution < -0.4 is 5.32 Å². The zero-order valence-corrected chi connectivity index (χ0v) is 17.0. The molecule has 4 rings (SSSR count). The summed E-state index contributed by atoms with van der Waals surface area (Å²) in [6.45, 7) is 0.356. The van der Waals surface area contributed by atoms with Crippen LogP contribution in [0, 0.1) is 11.8 Å². The average Bonchev–Trinajstić information content (AvgIpc) is 3.35. The van der Waals surface area contributed by atoms with Crippen LogP contribution in [0.25, 0.3) is 0 Å². The first-order valence-corrected chi connectivity index (χ1v) is 10.4. The molecule has 2 aliphatic heterocycles. The van der Waals surface area contributed by atoms with E-state index < -0.39 is 29.6 Å². The topological polar surface area (TPSA) is 83.1 Å². The number of ether oxygens (including phenoxy) is 4. The maximum absolute atomic E-state index is 12.9. The van der Waals surface area contributed by atoms with Crippen LogP contribution in [-0.2, 0) is 28.5 Å². The van der Waals surface area contributed by atoms with Crippen molar-refractivity contribution < 1.29 is 28.5 Å². The van der Waals surface area contributed by atoms with Gasteiger partial charge in [-0.2, -0.15) is 0 Å². The van der Waals surface area contributed by atoms with Crippen LogP contribution >= 0.6 is 0 Å². The quantitative estimate of drug-likeness (QED) is 0.773. The third kappa shape index (κ3) is 3.79. The minimum Gasteiger partial charge on any atom is -0.469 e. The first-order chi connectivity index (χ1) is 14.1. The highest BCUT2D eigenvalue weighted by Crippen LogP contribution is 2.46. The second-order valence-corrected chi connectivity index (χ2v) is 8.12. The molecule has 2 saturated heterocycles. The summed E-state index contributed by atoms with van der Waals surface area (Å²) < 4.78 is 22.8. The van der Waals surface area contributed by atoms with Crippen molar-refractivity contribution in [3.8, 4) is 0 Å². The van der Waals surface area contributed by atoms with Crippen molar-refractivity contribution in [2.75, 3.05) is 20.8 Å². The van der Waals surface area contributed by atoms with Crippen molar-refractivity contribution in [1.29, 1.82) is 0 Å². The van der Waals surface area contributed by atoms with Gasteiger partial charge in [0.2, 0.25) is 0 Å². The van der Waals surface area contributed by atoms with Crippen molar-refractivity contribution in [3.05, 3.63) is 35.9 Å². The summed E-state index contributed by atoms with van der Waals surface area (Å²) in [5.41, 5.74) is 0.922. The summed E-state index contributed by atoms with van der Waals surface area (Å²) in [6, 6.07) is 8.58. The zero-order chi connectivity index (χ0) is 20.4. The highest BCUT2D eigenvalue weighted by atomic mass is 16.7. The Bertz CT molecular complexity index is 732. The molecule has 7 nitrogen and oxygen atoms in total. The molecule has 0 aromatic heterocycles. The molecular formula is C22H29NO6. The molecular weight excluding hydrogens is 374 g/mol. The fourth-order valence-electron chi connectivity index (χ4n) is 5.15. The molecule has 1 spiro atoms. The first kappa shape index (κ1) is 20.3. The van der Waals surface area contributed by atoms with Crippen LogP contribution in [0.4, 0.5) is 0 Å². The first-order valence-electron chi connectivity index (χ1n) is 10.4. The lowest BCUT2D eigenvalue weighted by atomic mass is 9.81. The number of nitrogens with one attached hydrogen (secondary N) is 1. The van der Waals surface area contributed by atoms with Gasteiger partial charge in [0, 0.05) is 24.8 Å². The zero-order valence-electron chi connectivity index (χ0n) is 17.0. The van der Waals surface area contributed by atoms with Crippen LogP contribution in [0.3, 0.4) is 0 Å². The summed E-state index contributed by atoms with van der Waals surface area (Å²) in [6.07, 6.45) is 4.60. The normalized spacial score (nSPS) is 33.5. The Labute approximate surface area is 171 Å². The van der Waals surface area contributed by atoms with Crippen molar-refractivity contribution >= 4 is 11.9 Å². The average molecular weight is 403 g/mol. The van der Waals surface area contributed by atoms with Gasteiger partial charge >= 0.3 is 11.9 Å². The Morgan fingerprint density at radius 2 is 1.72 bits per heavy atom. The van der Waals surface area contributed by atoms with E-state index in [0.29, 0.717) is 6.61 Å². The van der Waals surface area contributed by atoms with Crippen molar-refractivity contribution in [3.63, 3.8) is 0 Å². The van der Waals surface area contributed by atoms with Crippen LogP contribution in [0.2, 0.25) is 0 Å². The van der Waals surface area contributed by atoms with Crippen molar-refractivity contribution in [2.45, 2.75) is 56.1 Å². The van der Waals surface area contributed by atoms with E-state index in [1.165, 1.54) is 20.6 Å². The van der Waals surface area contributed by atoms with Gasteiger partial charge in [0.15, 0.2) is 5.79 Å². The number of methoxy groups -OCH3 is 2. The predicted molar refractivity (Wildman–Crippen MR) is 104 cm³/mol. The fraction of sp³-hybridized carbons (Fsp3) is 0.636. The van der Waals surface area contributed by atoms with Gasteiger partial charge < -0.3 is 18.9 Å². The Balaban J connectivity index is 1.67. The highest BCUT2D eigenvalue weighted by Gasteiger charge is 2.58. The molecule has 158 valence electrons. The number of esters is 2. The van der Waals surface area contributed by atoms with E-state index in [1.54, 1.807) is 0 Å². The van der Waals surface area contributed by atoms with Gasteiger partial charge in [-0.05, 0) is 18.4 Å². The molecule has 0 amide bonds. The van der Waals surface area contributed by atoms with E-state index in [9.17, 15) is 9.59 Å². The van der Waals surface area contributed by atoms with Gasteiger partial charge in [-0.15, -0.1) is 0 Å². The molecule has 0 unspecified atom stereocenters. The predicted octanol–water partition coefficient (Wildman–Crippen LogP) is 2.35. The maximum Gasteiger partial charge on any atom is 0.323 e. The van der Waals surface area contributed by atoms with Gasteiger partial charge in [0.25, 0.3) is 0 Å². The molecule has 1 aromatic rings. The van der Waals surface area contributed by atoms with Gasteiger partial charge in [0.1, 0.15) is 6.04 Å². The summed E-state index contributed by atoms with van der Waals surface area (Å²) in [4.78, 5) is 25.5. The van der Waals surface area contributed by atoms with Gasteiger partial charge in [0.05, 0.1) is 32.8 Å². The maximum atomic E-state index is 12.9. The van der Waals surface area contributed by atoms with E-state index in [0.717, 1.165) is 31.2 Å². The van der Waals surface area contributed by atoms with Gasteiger partial charge in [-0.1, -0.05) is 36.8 Å². The van der Waals surface area contributed by atoms with E-state index in [4.69, 9.17) is 18.9 Å². The molecule has 1 aromatic carbocycles. The second kappa shape index (κ2) is 8.42. The van der Waals surface area contributed by atoms with Crippen LogP contribution in [0.15, 0.2) is 30.3 Å². The molecule has 5 atom stereocenters. The van der Waals surface area contributed by atoms with E-state index in [-0.39, 0.29) is 18.1 Å².